The minimum Gasteiger partial charge on any atom is -0.483 e. The Morgan fingerprint density at radius 3 is 2.77 bits per heavy atom. The molecule has 1 aliphatic heterocycles. The first-order chi connectivity index (χ1) is 10.1. The molecule has 5 heteroatoms. The number of hydrogen-bond acceptors (Lipinski definition) is 3. The van der Waals surface area contributed by atoms with E-state index in [-0.39, 0.29) is 44.5 Å². The molecule has 3 nitrogen and oxygen atoms in total. The van der Waals surface area contributed by atoms with Gasteiger partial charge in [-0.1, -0.05) is 20.3 Å². The minimum absolute atomic E-state index is 0. The summed E-state index contributed by atoms with van der Waals surface area (Å²) in [6.07, 6.45) is 6.10. The van der Waals surface area contributed by atoms with Crippen LogP contribution in [0.15, 0.2) is 18.2 Å². The van der Waals surface area contributed by atoms with Gasteiger partial charge in [0.2, 0.25) is 5.91 Å². The van der Waals surface area contributed by atoms with Crippen molar-refractivity contribution < 1.29 is 42.2 Å². The fourth-order valence-electron chi connectivity index (χ4n) is 2.48. The minimum atomic E-state index is 0. The number of thioether (sulfide) groups is 1. The van der Waals surface area contributed by atoms with Gasteiger partial charge in [0.1, 0.15) is 11.7 Å². The van der Waals surface area contributed by atoms with Crippen LogP contribution in [0.4, 0.5) is 0 Å². The van der Waals surface area contributed by atoms with Gasteiger partial charge in [0.15, 0.2) is 0 Å². The van der Waals surface area contributed by atoms with Crippen molar-refractivity contribution in [2.45, 2.75) is 27.2 Å². The van der Waals surface area contributed by atoms with E-state index in [1.807, 2.05) is 50.1 Å². The monoisotopic (exact) mass is 393 g/mol. The standard InChI is InChI=1S/C17H22NO2S.Y/c1-5-18-16(9-6-12(2)17(18)19)15-8-7-14(10-13(15)3)20-11-21-4;/h7-8,10,12H,5-6,11H2,1-4H3;/q-1;. The molecule has 1 unspecified atom stereocenters. The zero-order valence-corrected chi connectivity index (χ0v) is 17.3. The summed E-state index contributed by atoms with van der Waals surface area (Å²) in [5.41, 5.74) is 3.08. The second kappa shape index (κ2) is 9.10. The Balaban J connectivity index is 0.00000242. The van der Waals surface area contributed by atoms with E-state index in [0.29, 0.717) is 18.9 Å². The summed E-state index contributed by atoms with van der Waals surface area (Å²) in [5, 5.41) is 0. The smallest absolute Gasteiger partial charge is 0.225 e. The third-order valence-electron chi connectivity index (χ3n) is 3.65. The van der Waals surface area contributed by atoms with E-state index in [4.69, 9.17) is 4.74 Å². The van der Waals surface area contributed by atoms with E-state index >= 15 is 0 Å². The SMILES string of the molecule is CCN1C(=O)C(C)C[C-]=C1c1ccc(OCSC)cc1C.[Y]. The number of benzene rings is 1. The van der Waals surface area contributed by atoms with Gasteiger partial charge in [-0.25, -0.2) is 6.08 Å². The molecule has 1 atom stereocenters. The van der Waals surface area contributed by atoms with Gasteiger partial charge in [-0.05, 0) is 25.3 Å². The van der Waals surface area contributed by atoms with Crippen molar-refractivity contribution in [1.82, 2.24) is 4.90 Å². The first-order valence-electron chi connectivity index (χ1n) is 7.23. The average Bonchev–Trinajstić information content (AvgIpc) is 2.48. The molecule has 0 N–H and O–H groups in total. The van der Waals surface area contributed by atoms with Crippen LogP contribution in [-0.2, 0) is 37.5 Å². The number of carbonyl (C=O) groups excluding carboxylic acids is 1. The molecule has 0 spiro atoms. The number of aryl methyl sites for hydroxylation is 1. The zero-order valence-electron chi connectivity index (χ0n) is 13.7. The molecule has 0 saturated heterocycles. The Hall–Kier alpha value is -0.316. The van der Waals surface area contributed by atoms with E-state index in [9.17, 15) is 4.79 Å². The van der Waals surface area contributed by atoms with Crippen molar-refractivity contribution in [3.8, 4) is 5.75 Å². The molecule has 1 heterocycles. The van der Waals surface area contributed by atoms with E-state index < -0.39 is 0 Å². The van der Waals surface area contributed by atoms with Crippen molar-refractivity contribution in [3.05, 3.63) is 35.4 Å². The molecule has 1 radical (unpaired) electrons. The van der Waals surface area contributed by atoms with Crippen molar-refractivity contribution in [2.24, 2.45) is 5.92 Å². The quantitative estimate of drug-likeness (QED) is 0.564. The fraction of sp³-hybridized carbons (Fsp3) is 0.471. The van der Waals surface area contributed by atoms with Crippen LogP contribution < -0.4 is 4.74 Å². The van der Waals surface area contributed by atoms with Crippen LogP contribution in [0.1, 0.15) is 31.4 Å². The van der Waals surface area contributed by atoms with Crippen LogP contribution in [0.25, 0.3) is 5.70 Å². The molecule has 0 aromatic heterocycles. The van der Waals surface area contributed by atoms with E-state index in [2.05, 4.69) is 6.08 Å². The van der Waals surface area contributed by atoms with Crippen LogP contribution in [0.5, 0.6) is 5.75 Å². The number of rotatable bonds is 5. The first kappa shape index (κ1) is 19.7. The Morgan fingerprint density at radius 2 is 2.18 bits per heavy atom. The maximum atomic E-state index is 12.3. The predicted molar refractivity (Wildman–Crippen MR) is 88.0 cm³/mol. The molecule has 0 aliphatic carbocycles. The summed E-state index contributed by atoms with van der Waals surface area (Å²) in [6.45, 7) is 6.69. The summed E-state index contributed by atoms with van der Waals surface area (Å²) in [6, 6.07) is 6.01. The number of carbonyl (C=O) groups is 1. The number of ether oxygens (including phenoxy) is 1. The second-order valence-corrected chi connectivity index (χ2v) is 6.05. The maximum absolute atomic E-state index is 12.3. The van der Waals surface area contributed by atoms with E-state index in [1.165, 1.54) is 0 Å². The molecular formula is C17H22NO2SY-. The van der Waals surface area contributed by atoms with Crippen molar-refractivity contribution in [2.75, 3.05) is 18.7 Å². The number of nitrogens with zero attached hydrogens (tertiary/aromatic N) is 1. The molecule has 2 rings (SSSR count). The van der Waals surface area contributed by atoms with Gasteiger partial charge in [0.05, 0.1) is 0 Å². The van der Waals surface area contributed by atoms with Crippen LogP contribution in [0.3, 0.4) is 0 Å². The maximum Gasteiger partial charge on any atom is 0.225 e. The van der Waals surface area contributed by atoms with Gasteiger partial charge in [-0.3, -0.25) is 4.79 Å². The molecule has 117 valence electrons. The summed E-state index contributed by atoms with van der Waals surface area (Å²) in [4.78, 5) is 14.1. The number of hydrogen-bond donors (Lipinski definition) is 0. The Kier molecular flexibility index (Phi) is 8.16. The number of allylic oxidation sites excluding steroid dienone is 1. The number of amides is 1. The molecule has 22 heavy (non-hydrogen) atoms. The van der Waals surface area contributed by atoms with Gasteiger partial charge in [-0.2, -0.15) is 0 Å². The van der Waals surface area contributed by atoms with Crippen LogP contribution in [-0.4, -0.2) is 29.5 Å². The van der Waals surface area contributed by atoms with Gasteiger partial charge in [0.25, 0.3) is 0 Å². The molecule has 0 bridgehead atoms. The second-order valence-electron chi connectivity index (χ2n) is 5.24. The Morgan fingerprint density at radius 1 is 1.45 bits per heavy atom. The van der Waals surface area contributed by atoms with Crippen molar-refractivity contribution in [1.29, 1.82) is 0 Å². The third-order valence-corrected chi connectivity index (χ3v) is 4.00. The van der Waals surface area contributed by atoms with Crippen molar-refractivity contribution in [3.63, 3.8) is 0 Å². The van der Waals surface area contributed by atoms with Crippen LogP contribution in [0, 0.1) is 18.9 Å². The molecule has 1 amide bonds. The molecule has 1 aromatic rings. The summed E-state index contributed by atoms with van der Waals surface area (Å²) in [7, 11) is 0. The van der Waals surface area contributed by atoms with Crippen molar-refractivity contribution >= 4 is 23.4 Å². The molecule has 1 aliphatic rings. The molecular weight excluding hydrogens is 371 g/mol. The average molecular weight is 393 g/mol. The topological polar surface area (TPSA) is 29.5 Å². The molecule has 1 aromatic carbocycles. The van der Waals surface area contributed by atoms with E-state index in [0.717, 1.165) is 22.6 Å². The molecule has 0 fully saturated rings. The first-order valence-corrected chi connectivity index (χ1v) is 8.62. The van der Waals surface area contributed by atoms with Gasteiger partial charge in [0, 0.05) is 45.2 Å². The fourth-order valence-corrected chi connectivity index (χ4v) is 2.74. The zero-order chi connectivity index (χ0) is 15.4. The Labute approximate surface area is 162 Å². The van der Waals surface area contributed by atoms with Gasteiger partial charge >= 0.3 is 0 Å². The molecule has 0 saturated carbocycles. The summed E-state index contributed by atoms with van der Waals surface area (Å²) >= 11 is 1.65. The summed E-state index contributed by atoms with van der Waals surface area (Å²) in [5.74, 6) is 1.72. The summed E-state index contributed by atoms with van der Waals surface area (Å²) < 4.78 is 5.62. The largest absolute Gasteiger partial charge is 0.483 e. The third kappa shape index (κ3) is 4.36. The van der Waals surface area contributed by atoms with Crippen LogP contribution in [0.2, 0.25) is 0 Å². The van der Waals surface area contributed by atoms with Gasteiger partial charge < -0.3 is 9.64 Å². The van der Waals surface area contributed by atoms with E-state index in [1.54, 1.807) is 11.8 Å². The normalized spacial score (nSPS) is 17.8. The predicted octanol–water partition coefficient (Wildman–Crippen LogP) is 3.72. The Bertz CT molecular complexity index is 560. The van der Waals surface area contributed by atoms with Crippen LogP contribution >= 0.6 is 11.8 Å². The van der Waals surface area contributed by atoms with Gasteiger partial charge in [-0.15, -0.1) is 34.7 Å².